The molecule has 0 spiro atoms. The second kappa shape index (κ2) is 8.94. The summed E-state index contributed by atoms with van der Waals surface area (Å²) in [6.45, 7) is 2.41. The molecule has 0 bridgehead atoms. The Hall–Kier alpha value is -2.11. The number of likely N-dealkylation sites (N-methyl/N-ethyl adjacent to an activating group) is 1. The lowest BCUT2D eigenvalue weighted by molar-refractivity contribution is -0.115. The average molecular weight is 463 g/mol. The van der Waals surface area contributed by atoms with E-state index in [-0.39, 0.29) is 17.2 Å². The predicted octanol–water partition coefficient (Wildman–Crippen LogP) is 2.99. The van der Waals surface area contributed by atoms with E-state index in [4.69, 9.17) is 0 Å². The Morgan fingerprint density at radius 3 is 2.50 bits per heavy atom. The number of hydrogen-bond acceptors (Lipinski definition) is 7. The molecule has 0 radical (unpaired) electrons. The van der Waals surface area contributed by atoms with Gasteiger partial charge in [0.15, 0.2) is 0 Å². The lowest BCUT2D eigenvalue weighted by Crippen LogP contribution is -2.46. The van der Waals surface area contributed by atoms with E-state index in [0.717, 1.165) is 28.7 Å². The zero-order chi connectivity index (χ0) is 21.1. The highest BCUT2D eigenvalue weighted by atomic mass is 32.2. The molecule has 1 amide bonds. The quantitative estimate of drug-likeness (QED) is 0.609. The molecule has 3 aromatic rings. The van der Waals surface area contributed by atoms with Gasteiger partial charge in [-0.3, -0.25) is 4.79 Å². The van der Waals surface area contributed by atoms with Crippen LogP contribution >= 0.6 is 22.7 Å². The fourth-order valence-corrected chi connectivity index (χ4v) is 6.22. The highest BCUT2D eigenvalue weighted by Crippen LogP contribution is 2.28. The van der Waals surface area contributed by atoms with Crippen molar-refractivity contribution >= 4 is 44.3 Å². The van der Waals surface area contributed by atoms with Gasteiger partial charge in [0.1, 0.15) is 5.01 Å². The second-order valence-corrected chi connectivity index (χ2v) is 10.8. The SMILES string of the molecule is CN1CCN(S(=O)(=O)c2ccc(NC(=O)Cc3csc(-c4cccs4)n3)cc2)CC1. The van der Waals surface area contributed by atoms with Gasteiger partial charge in [-0.05, 0) is 42.8 Å². The summed E-state index contributed by atoms with van der Waals surface area (Å²) < 4.78 is 27.1. The summed E-state index contributed by atoms with van der Waals surface area (Å²) in [4.78, 5) is 20.3. The van der Waals surface area contributed by atoms with Crippen molar-refractivity contribution in [3.8, 4) is 9.88 Å². The first-order chi connectivity index (χ1) is 14.4. The normalized spacial score (nSPS) is 15.9. The van der Waals surface area contributed by atoms with Gasteiger partial charge in [-0.2, -0.15) is 4.31 Å². The molecule has 1 N–H and O–H groups in total. The van der Waals surface area contributed by atoms with E-state index in [0.29, 0.717) is 18.8 Å². The van der Waals surface area contributed by atoms with Crippen LogP contribution in [0.2, 0.25) is 0 Å². The average Bonchev–Trinajstić information content (AvgIpc) is 3.40. The largest absolute Gasteiger partial charge is 0.326 e. The molecule has 0 saturated carbocycles. The Morgan fingerprint density at radius 1 is 1.10 bits per heavy atom. The zero-order valence-electron chi connectivity index (χ0n) is 16.4. The molecule has 1 aliphatic heterocycles. The maximum Gasteiger partial charge on any atom is 0.243 e. The van der Waals surface area contributed by atoms with Crippen molar-refractivity contribution in [1.29, 1.82) is 0 Å². The van der Waals surface area contributed by atoms with Crippen molar-refractivity contribution in [3.63, 3.8) is 0 Å². The highest BCUT2D eigenvalue weighted by Gasteiger charge is 2.27. The number of rotatable bonds is 6. The summed E-state index contributed by atoms with van der Waals surface area (Å²) in [5.74, 6) is -0.187. The van der Waals surface area contributed by atoms with Gasteiger partial charge in [-0.25, -0.2) is 13.4 Å². The number of carbonyl (C=O) groups excluding carboxylic acids is 1. The number of hydrogen-bond donors (Lipinski definition) is 1. The molecule has 3 heterocycles. The Bertz CT molecular complexity index is 1100. The topological polar surface area (TPSA) is 82.6 Å². The minimum Gasteiger partial charge on any atom is -0.326 e. The third kappa shape index (κ3) is 4.79. The van der Waals surface area contributed by atoms with Crippen molar-refractivity contribution in [2.45, 2.75) is 11.3 Å². The Balaban J connectivity index is 1.37. The van der Waals surface area contributed by atoms with Crippen LogP contribution in [0.4, 0.5) is 5.69 Å². The molecule has 0 aliphatic carbocycles. The van der Waals surface area contributed by atoms with E-state index >= 15 is 0 Å². The molecular weight excluding hydrogens is 440 g/mol. The van der Waals surface area contributed by atoms with Gasteiger partial charge in [0, 0.05) is 37.2 Å². The smallest absolute Gasteiger partial charge is 0.243 e. The van der Waals surface area contributed by atoms with E-state index in [9.17, 15) is 13.2 Å². The molecule has 1 aliphatic rings. The van der Waals surface area contributed by atoms with Crippen LogP contribution in [-0.4, -0.2) is 61.7 Å². The van der Waals surface area contributed by atoms with Crippen LogP contribution in [0.15, 0.2) is 52.1 Å². The number of anilines is 1. The zero-order valence-corrected chi connectivity index (χ0v) is 18.9. The first-order valence-corrected chi connectivity index (χ1v) is 12.7. The number of nitrogens with one attached hydrogen (secondary N) is 1. The molecule has 1 fully saturated rings. The van der Waals surface area contributed by atoms with Crippen molar-refractivity contribution in [3.05, 3.63) is 52.9 Å². The summed E-state index contributed by atoms with van der Waals surface area (Å²) in [7, 11) is -1.53. The van der Waals surface area contributed by atoms with Crippen LogP contribution in [0.5, 0.6) is 0 Å². The van der Waals surface area contributed by atoms with Crippen LogP contribution in [-0.2, 0) is 21.2 Å². The third-order valence-corrected chi connectivity index (χ3v) is 8.71. The van der Waals surface area contributed by atoms with Gasteiger partial charge in [0.2, 0.25) is 15.9 Å². The van der Waals surface area contributed by atoms with E-state index < -0.39 is 10.0 Å². The first-order valence-electron chi connectivity index (χ1n) is 9.49. The fraction of sp³-hybridized carbons (Fsp3) is 0.300. The molecular formula is C20H22N4O3S3. The van der Waals surface area contributed by atoms with Gasteiger partial charge in [0.05, 0.1) is 21.9 Å². The summed E-state index contributed by atoms with van der Waals surface area (Å²) in [6, 6.07) is 10.3. The van der Waals surface area contributed by atoms with E-state index in [2.05, 4.69) is 15.2 Å². The van der Waals surface area contributed by atoms with Crippen molar-refractivity contribution in [1.82, 2.24) is 14.2 Å². The van der Waals surface area contributed by atoms with Crippen LogP contribution in [0, 0.1) is 0 Å². The van der Waals surface area contributed by atoms with Crippen LogP contribution in [0.3, 0.4) is 0 Å². The number of nitrogens with zero attached hydrogens (tertiary/aromatic N) is 3. The highest BCUT2D eigenvalue weighted by molar-refractivity contribution is 7.89. The van der Waals surface area contributed by atoms with Crippen LogP contribution in [0.25, 0.3) is 9.88 Å². The minimum absolute atomic E-state index is 0.170. The lowest BCUT2D eigenvalue weighted by Gasteiger charge is -2.31. The van der Waals surface area contributed by atoms with Crippen LogP contribution in [0.1, 0.15) is 5.69 Å². The number of carbonyl (C=O) groups is 1. The number of piperazine rings is 1. The molecule has 0 atom stereocenters. The lowest BCUT2D eigenvalue weighted by atomic mass is 10.3. The molecule has 4 rings (SSSR count). The Kier molecular flexibility index (Phi) is 6.30. The number of thiophene rings is 1. The van der Waals surface area contributed by atoms with E-state index in [1.54, 1.807) is 35.6 Å². The van der Waals surface area contributed by atoms with Crippen LogP contribution < -0.4 is 5.32 Å². The molecule has 1 aromatic carbocycles. The minimum atomic E-state index is -3.51. The molecule has 10 heteroatoms. The number of benzene rings is 1. The second-order valence-electron chi connectivity index (χ2n) is 7.08. The summed E-state index contributed by atoms with van der Waals surface area (Å²) >= 11 is 3.14. The molecule has 7 nitrogen and oxygen atoms in total. The molecule has 0 unspecified atom stereocenters. The Morgan fingerprint density at radius 2 is 1.83 bits per heavy atom. The van der Waals surface area contributed by atoms with E-state index in [1.807, 2.05) is 29.9 Å². The van der Waals surface area contributed by atoms with Crippen molar-refractivity contribution in [2.75, 3.05) is 38.5 Å². The number of sulfonamides is 1. The van der Waals surface area contributed by atoms with Gasteiger partial charge < -0.3 is 10.2 Å². The van der Waals surface area contributed by atoms with Gasteiger partial charge in [-0.1, -0.05) is 6.07 Å². The number of aromatic nitrogens is 1. The summed E-state index contributed by atoms with van der Waals surface area (Å²) in [5, 5.41) is 7.61. The maximum absolute atomic E-state index is 12.8. The van der Waals surface area contributed by atoms with Gasteiger partial charge in [-0.15, -0.1) is 22.7 Å². The predicted molar refractivity (Wildman–Crippen MR) is 120 cm³/mol. The summed E-state index contributed by atoms with van der Waals surface area (Å²) in [5.41, 5.74) is 1.28. The van der Waals surface area contributed by atoms with Crippen molar-refractivity contribution in [2.24, 2.45) is 0 Å². The maximum atomic E-state index is 12.8. The number of amides is 1. The third-order valence-electron chi connectivity index (χ3n) is 4.86. The number of thiazole rings is 1. The van der Waals surface area contributed by atoms with E-state index in [1.165, 1.54) is 15.6 Å². The van der Waals surface area contributed by atoms with Gasteiger partial charge in [0.25, 0.3) is 0 Å². The Labute approximate surface area is 184 Å². The molecule has 158 valence electrons. The monoisotopic (exact) mass is 462 g/mol. The fourth-order valence-electron chi connectivity index (χ4n) is 3.16. The molecule has 2 aromatic heterocycles. The van der Waals surface area contributed by atoms with Crippen molar-refractivity contribution < 1.29 is 13.2 Å². The standard InChI is InChI=1S/C20H22N4O3S3/c1-23-8-10-24(11-9-23)30(26,27)17-6-4-15(5-7-17)21-19(25)13-16-14-29-20(22-16)18-3-2-12-28-18/h2-7,12,14H,8-11,13H2,1H3,(H,21,25). The summed E-state index contributed by atoms with van der Waals surface area (Å²) in [6.07, 6.45) is 0.170. The first kappa shape index (κ1) is 21.1. The molecule has 30 heavy (non-hydrogen) atoms. The van der Waals surface area contributed by atoms with Gasteiger partial charge >= 0.3 is 0 Å². The molecule has 1 saturated heterocycles.